The van der Waals surface area contributed by atoms with Gasteiger partial charge in [-0.15, -0.1) is 17.8 Å². The van der Waals surface area contributed by atoms with Gasteiger partial charge in [-0.25, -0.2) is 0 Å². The summed E-state index contributed by atoms with van der Waals surface area (Å²) in [6.45, 7) is 2.16. The normalized spacial score (nSPS) is 19.3. The van der Waals surface area contributed by atoms with E-state index in [1.54, 1.807) is 11.3 Å². The Hall–Kier alpha value is -1.52. The highest BCUT2D eigenvalue weighted by molar-refractivity contribution is 14.1. The largest absolute Gasteiger partial charge is 0.399 e. The first-order valence-corrected chi connectivity index (χ1v) is 10.7. The molecule has 1 aliphatic rings. The summed E-state index contributed by atoms with van der Waals surface area (Å²) in [4.78, 5) is 15.8. The molecule has 0 bridgehead atoms. The van der Waals surface area contributed by atoms with E-state index < -0.39 is 0 Å². The molecule has 2 N–H and O–H groups in total. The maximum Gasteiger partial charge on any atom is 0.299 e. The first-order valence-electron chi connectivity index (χ1n) is 8.34. The summed E-state index contributed by atoms with van der Waals surface area (Å²) in [5.41, 5.74) is 10.3. The van der Waals surface area contributed by atoms with Crippen LogP contribution in [0.5, 0.6) is 0 Å². The smallest absolute Gasteiger partial charge is 0.299 e. The van der Waals surface area contributed by atoms with Crippen molar-refractivity contribution in [3.63, 3.8) is 0 Å². The molecule has 25 heavy (non-hydrogen) atoms. The van der Waals surface area contributed by atoms with Gasteiger partial charge in [0.25, 0.3) is 5.91 Å². The summed E-state index contributed by atoms with van der Waals surface area (Å²) in [7, 11) is 0. The molecule has 0 spiro atoms. The molecule has 0 radical (unpaired) electrons. The fourth-order valence-corrected chi connectivity index (χ4v) is 5.20. The van der Waals surface area contributed by atoms with Crippen LogP contribution in [0, 0.1) is 19.3 Å². The SMILES string of the molecule is C#CC(=O)N1[C@@H](CCCI)Cc2c(C)csc2[C@@H]1c1ccc(N)cc1. The van der Waals surface area contributed by atoms with Crippen LogP contribution >= 0.6 is 33.9 Å². The Morgan fingerprint density at radius 1 is 1.44 bits per heavy atom. The van der Waals surface area contributed by atoms with Gasteiger partial charge in [0, 0.05) is 16.6 Å². The Bertz CT molecular complexity index is 806. The van der Waals surface area contributed by atoms with Crippen LogP contribution in [0.15, 0.2) is 29.6 Å². The number of fused-ring (bicyclic) bond motifs is 1. The highest BCUT2D eigenvalue weighted by Gasteiger charge is 2.39. The minimum Gasteiger partial charge on any atom is -0.399 e. The van der Waals surface area contributed by atoms with Crippen LogP contribution in [0.4, 0.5) is 5.69 Å². The second-order valence-corrected chi connectivity index (χ2v) is 8.37. The molecule has 0 unspecified atom stereocenters. The number of hydrogen-bond donors (Lipinski definition) is 1. The average molecular weight is 464 g/mol. The van der Waals surface area contributed by atoms with E-state index in [0.717, 1.165) is 34.9 Å². The van der Waals surface area contributed by atoms with Gasteiger partial charge in [-0.3, -0.25) is 4.79 Å². The molecule has 1 amide bonds. The number of aryl methyl sites for hydroxylation is 1. The summed E-state index contributed by atoms with van der Waals surface area (Å²) in [6, 6.07) is 7.82. The molecule has 0 saturated carbocycles. The van der Waals surface area contributed by atoms with Crippen molar-refractivity contribution in [2.24, 2.45) is 0 Å². The summed E-state index contributed by atoms with van der Waals surface area (Å²) >= 11 is 4.11. The van der Waals surface area contributed by atoms with Gasteiger partial charge in [0.05, 0.1) is 6.04 Å². The number of anilines is 1. The van der Waals surface area contributed by atoms with Gasteiger partial charge in [0.2, 0.25) is 0 Å². The van der Waals surface area contributed by atoms with E-state index in [4.69, 9.17) is 12.2 Å². The van der Waals surface area contributed by atoms with Crippen molar-refractivity contribution in [2.75, 3.05) is 10.2 Å². The molecule has 1 aliphatic heterocycles. The van der Waals surface area contributed by atoms with E-state index >= 15 is 0 Å². The van der Waals surface area contributed by atoms with E-state index in [1.165, 1.54) is 16.0 Å². The van der Waals surface area contributed by atoms with Gasteiger partial charge in [0.15, 0.2) is 0 Å². The van der Waals surface area contributed by atoms with Crippen molar-refractivity contribution >= 4 is 45.5 Å². The highest BCUT2D eigenvalue weighted by atomic mass is 127. The molecular formula is C20H21IN2OS. The lowest BCUT2D eigenvalue weighted by Gasteiger charge is -2.41. The monoisotopic (exact) mass is 464 g/mol. The quantitative estimate of drug-likeness (QED) is 0.317. The molecule has 130 valence electrons. The van der Waals surface area contributed by atoms with Gasteiger partial charge in [-0.05, 0) is 70.7 Å². The van der Waals surface area contributed by atoms with Crippen LogP contribution < -0.4 is 5.73 Å². The van der Waals surface area contributed by atoms with Gasteiger partial charge >= 0.3 is 0 Å². The third-order valence-corrected chi connectivity index (χ3v) is 6.73. The number of thiophene rings is 1. The minimum atomic E-state index is -0.225. The van der Waals surface area contributed by atoms with Crippen molar-refractivity contribution in [3.05, 3.63) is 51.2 Å². The van der Waals surface area contributed by atoms with E-state index in [1.807, 2.05) is 29.2 Å². The first kappa shape index (κ1) is 18.3. The molecule has 0 aliphatic carbocycles. The average Bonchev–Trinajstić information content (AvgIpc) is 2.99. The molecular weight excluding hydrogens is 443 g/mol. The molecule has 1 aromatic heterocycles. The number of alkyl halides is 1. The van der Waals surface area contributed by atoms with Crippen LogP contribution in [0.3, 0.4) is 0 Å². The maximum absolute atomic E-state index is 12.7. The Labute approximate surface area is 166 Å². The topological polar surface area (TPSA) is 46.3 Å². The molecule has 0 saturated heterocycles. The molecule has 1 aromatic carbocycles. The maximum atomic E-state index is 12.7. The predicted octanol–water partition coefficient (Wildman–Crippen LogP) is 4.33. The number of carbonyl (C=O) groups excluding carboxylic acids is 1. The van der Waals surface area contributed by atoms with Gasteiger partial charge in [0.1, 0.15) is 0 Å². The van der Waals surface area contributed by atoms with E-state index in [-0.39, 0.29) is 18.0 Å². The van der Waals surface area contributed by atoms with Gasteiger partial charge < -0.3 is 10.6 Å². The fourth-order valence-electron chi connectivity index (χ4n) is 3.55. The predicted molar refractivity (Wildman–Crippen MR) is 113 cm³/mol. The molecule has 0 fully saturated rings. The number of hydrogen-bond acceptors (Lipinski definition) is 3. The van der Waals surface area contributed by atoms with Crippen LogP contribution in [0.25, 0.3) is 0 Å². The van der Waals surface area contributed by atoms with Crippen molar-refractivity contribution in [2.45, 2.75) is 38.3 Å². The van der Waals surface area contributed by atoms with Crippen molar-refractivity contribution < 1.29 is 4.79 Å². The lowest BCUT2D eigenvalue weighted by atomic mass is 9.87. The summed E-state index contributed by atoms with van der Waals surface area (Å²) in [5, 5.41) is 2.19. The summed E-state index contributed by atoms with van der Waals surface area (Å²) in [5.74, 6) is 2.13. The van der Waals surface area contributed by atoms with E-state index in [2.05, 4.69) is 40.8 Å². The van der Waals surface area contributed by atoms with Crippen LogP contribution in [-0.4, -0.2) is 21.3 Å². The van der Waals surface area contributed by atoms with Crippen LogP contribution in [0.2, 0.25) is 0 Å². The number of halogens is 1. The lowest BCUT2D eigenvalue weighted by Crippen LogP contribution is -2.47. The molecule has 2 atom stereocenters. The van der Waals surface area contributed by atoms with E-state index in [0.29, 0.717) is 0 Å². The fraction of sp³-hybridized carbons (Fsp3) is 0.350. The zero-order chi connectivity index (χ0) is 18.0. The Morgan fingerprint density at radius 3 is 2.80 bits per heavy atom. The van der Waals surface area contributed by atoms with Gasteiger partial charge in [-0.2, -0.15) is 0 Å². The highest BCUT2D eigenvalue weighted by Crippen LogP contribution is 2.43. The Kier molecular flexibility index (Phi) is 5.70. The molecule has 2 aromatic rings. The number of nitrogens with zero attached hydrogens (tertiary/aromatic N) is 1. The first-order chi connectivity index (χ1) is 12.1. The van der Waals surface area contributed by atoms with Crippen molar-refractivity contribution in [1.29, 1.82) is 0 Å². The summed E-state index contributed by atoms with van der Waals surface area (Å²) < 4.78 is 1.08. The number of amides is 1. The molecule has 2 heterocycles. The number of rotatable bonds is 4. The standard InChI is InChI=1S/C20H21IN2OS/c1-3-18(24)23-16(5-4-10-21)11-17-13(2)12-25-20(17)19(23)14-6-8-15(22)9-7-14/h1,6-9,12,16,19H,4-5,10-11,22H2,2H3/t16-,19-/m0/s1. The number of nitrogens with two attached hydrogens (primary N) is 1. The van der Waals surface area contributed by atoms with Crippen molar-refractivity contribution in [3.8, 4) is 12.3 Å². The summed E-state index contributed by atoms with van der Waals surface area (Å²) in [6.07, 6.45) is 8.46. The molecule has 3 rings (SSSR count). The minimum absolute atomic E-state index is 0.120. The third kappa shape index (κ3) is 3.56. The van der Waals surface area contributed by atoms with Gasteiger partial charge in [-0.1, -0.05) is 34.7 Å². The van der Waals surface area contributed by atoms with Crippen molar-refractivity contribution in [1.82, 2.24) is 4.90 Å². The zero-order valence-corrected chi connectivity index (χ0v) is 17.1. The number of carbonyl (C=O) groups is 1. The number of nitrogen functional groups attached to an aromatic ring is 1. The zero-order valence-electron chi connectivity index (χ0n) is 14.2. The van der Waals surface area contributed by atoms with E-state index in [9.17, 15) is 4.79 Å². The lowest BCUT2D eigenvalue weighted by molar-refractivity contribution is -0.129. The third-order valence-electron chi connectivity index (χ3n) is 4.78. The molecule has 5 heteroatoms. The Morgan fingerprint density at radius 2 is 2.16 bits per heavy atom. The molecule has 3 nitrogen and oxygen atoms in total. The number of benzene rings is 1. The second-order valence-electron chi connectivity index (χ2n) is 6.38. The Balaban J connectivity index is 2.12. The second kappa shape index (κ2) is 7.79. The van der Waals surface area contributed by atoms with Crippen LogP contribution in [0.1, 0.15) is 40.5 Å². The number of terminal acetylenes is 1. The van der Waals surface area contributed by atoms with Crippen LogP contribution in [-0.2, 0) is 11.2 Å².